The largest absolute Gasteiger partial charge is 0.550 e. The molecular weight excluding hydrogens is 334 g/mol. The molecule has 0 bridgehead atoms. The number of carbonyl (C=O) groups excluding carboxylic acids is 2. The minimum Gasteiger partial charge on any atom is -0.550 e. The lowest BCUT2D eigenvalue weighted by atomic mass is 9.94. The summed E-state index contributed by atoms with van der Waals surface area (Å²) in [6.07, 6.45) is -0.0711. The van der Waals surface area contributed by atoms with E-state index in [4.69, 9.17) is 9.47 Å². The Bertz CT molecular complexity index is 770. The zero-order valence-electron chi connectivity index (χ0n) is 15.1. The number of carbonyl (C=O) groups is 2. The SMILES string of the molecule is COc1ccc(OC)c(NC(=O)[C@@H](CC(=O)[O-])Cc2ccc(C)cc2)c1. The highest BCUT2D eigenvalue weighted by atomic mass is 16.5. The Hall–Kier alpha value is -3.02. The Morgan fingerprint density at radius 2 is 1.77 bits per heavy atom. The third-order valence-electron chi connectivity index (χ3n) is 4.05. The standard InChI is InChI=1S/C20H23NO5/c1-13-4-6-14(7-5-13)10-15(11-19(22)23)20(24)21-17-12-16(25-2)8-9-18(17)26-3/h4-9,12,15H,10-11H2,1-3H3,(H,21,24)(H,22,23)/p-1/t15-/m1/s1. The van der Waals surface area contributed by atoms with Gasteiger partial charge in [-0.2, -0.15) is 0 Å². The van der Waals surface area contributed by atoms with E-state index in [1.54, 1.807) is 18.2 Å². The van der Waals surface area contributed by atoms with Crippen molar-refractivity contribution in [3.63, 3.8) is 0 Å². The van der Waals surface area contributed by atoms with Gasteiger partial charge in [0.2, 0.25) is 5.91 Å². The maximum absolute atomic E-state index is 12.7. The van der Waals surface area contributed by atoms with Crippen LogP contribution < -0.4 is 19.9 Å². The van der Waals surface area contributed by atoms with E-state index in [0.29, 0.717) is 23.6 Å². The van der Waals surface area contributed by atoms with Crippen LogP contribution in [0.3, 0.4) is 0 Å². The molecule has 0 heterocycles. The first kappa shape index (κ1) is 19.3. The number of ether oxygens (including phenoxy) is 2. The van der Waals surface area contributed by atoms with Gasteiger partial charge in [0, 0.05) is 18.0 Å². The van der Waals surface area contributed by atoms with Crippen molar-refractivity contribution in [3.05, 3.63) is 53.6 Å². The van der Waals surface area contributed by atoms with Crippen molar-refractivity contribution >= 4 is 17.6 Å². The number of hydrogen-bond donors (Lipinski definition) is 1. The van der Waals surface area contributed by atoms with Crippen molar-refractivity contribution in [2.45, 2.75) is 19.8 Å². The molecule has 6 heteroatoms. The molecule has 1 amide bonds. The number of aliphatic carboxylic acids is 1. The van der Waals surface area contributed by atoms with Crippen LogP contribution in [0, 0.1) is 12.8 Å². The second kappa shape index (κ2) is 8.89. The van der Waals surface area contributed by atoms with Crippen LogP contribution in [0.2, 0.25) is 0 Å². The number of rotatable bonds is 8. The van der Waals surface area contributed by atoms with E-state index in [1.165, 1.54) is 14.2 Å². The van der Waals surface area contributed by atoms with Gasteiger partial charge in [-0.3, -0.25) is 4.79 Å². The summed E-state index contributed by atoms with van der Waals surface area (Å²) in [6.45, 7) is 1.96. The second-order valence-corrected chi connectivity index (χ2v) is 6.02. The summed E-state index contributed by atoms with van der Waals surface area (Å²) in [5.41, 5.74) is 2.40. The van der Waals surface area contributed by atoms with Gasteiger partial charge in [0.05, 0.1) is 19.9 Å². The third-order valence-corrected chi connectivity index (χ3v) is 4.05. The Kier molecular flexibility index (Phi) is 6.60. The molecule has 0 saturated heterocycles. The fraction of sp³-hybridized carbons (Fsp3) is 0.300. The van der Waals surface area contributed by atoms with E-state index in [-0.39, 0.29) is 6.42 Å². The van der Waals surface area contributed by atoms with Gasteiger partial charge in [0.25, 0.3) is 0 Å². The molecule has 0 unspecified atom stereocenters. The van der Waals surface area contributed by atoms with Gasteiger partial charge >= 0.3 is 0 Å². The summed E-state index contributed by atoms with van der Waals surface area (Å²) in [5, 5.41) is 13.8. The number of amides is 1. The van der Waals surface area contributed by atoms with Crippen LogP contribution in [0.25, 0.3) is 0 Å². The molecule has 0 spiro atoms. The number of benzene rings is 2. The number of anilines is 1. The van der Waals surface area contributed by atoms with E-state index in [9.17, 15) is 14.7 Å². The third kappa shape index (κ3) is 5.24. The summed E-state index contributed by atoms with van der Waals surface area (Å²) >= 11 is 0. The highest BCUT2D eigenvalue weighted by molar-refractivity contribution is 5.95. The second-order valence-electron chi connectivity index (χ2n) is 6.02. The Labute approximate surface area is 152 Å². The zero-order chi connectivity index (χ0) is 19.1. The number of methoxy groups -OCH3 is 2. The summed E-state index contributed by atoms with van der Waals surface area (Å²) in [4.78, 5) is 23.8. The van der Waals surface area contributed by atoms with Crippen LogP contribution in [0.15, 0.2) is 42.5 Å². The summed E-state index contributed by atoms with van der Waals surface area (Å²) < 4.78 is 10.4. The lowest BCUT2D eigenvalue weighted by Gasteiger charge is -2.19. The first-order chi connectivity index (χ1) is 12.4. The average molecular weight is 356 g/mol. The molecule has 2 rings (SSSR count). The van der Waals surface area contributed by atoms with E-state index < -0.39 is 17.8 Å². The molecular formula is C20H22NO5-. The van der Waals surface area contributed by atoms with Gasteiger partial charge in [0.15, 0.2) is 0 Å². The Morgan fingerprint density at radius 1 is 1.08 bits per heavy atom. The van der Waals surface area contributed by atoms with E-state index in [2.05, 4.69) is 5.32 Å². The van der Waals surface area contributed by atoms with Gasteiger partial charge < -0.3 is 24.7 Å². The van der Waals surface area contributed by atoms with Crippen molar-refractivity contribution in [2.75, 3.05) is 19.5 Å². The number of carboxylic acids is 1. The average Bonchev–Trinajstić information content (AvgIpc) is 2.62. The molecule has 0 aromatic heterocycles. The Morgan fingerprint density at radius 3 is 2.35 bits per heavy atom. The Balaban J connectivity index is 2.21. The van der Waals surface area contributed by atoms with E-state index >= 15 is 0 Å². The fourth-order valence-corrected chi connectivity index (χ4v) is 2.61. The van der Waals surface area contributed by atoms with Gasteiger partial charge in [-0.05, 0) is 37.5 Å². The zero-order valence-corrected chi connectivity index (χ0v) is 15.1. The topological polar surface area (TPSA) is 87.7 Å². The van der Waals surface area contributed by atoms with Crippen LogP contribution in [0.1, 0.15) is 17.5 Å². The molecule has 0 aliphatic carbocycles. The predicted octanol–water partition coefficient (Wildman–Crippen LogP) is 1.95. The van der Waals surface area contributed by atoms with Crippen LogP contribution in [-0.2, 0) is 16.0 Å². The molecule has 2 aromatic rings. The van der Waals surface area contributed by atoms with E-state index in [1.807, 2.05) is 31.2 Å². The fourth-order valence-electron chi connectivity index (χ4n) is 2.61. The summed E-state index contributed by atoms with van der Waals surface area (Å²) in [6, 6.07) is 12.6. The normalized spacial score (nSPS) is 11.5. The molecule has 2 aromatic carbocycles. The molecule has 6 nitrogen and oxygen atoms in total. The predicted molar refractivity (Wildman–Crippen MR) is 96.2 cm³/mol. The smallest absolute Gasteiger partial charge is 0.228 e. The minimum atomic E-state index is -1.27. The molecule has 1 N–H and O–H groups in total. The maximum Gasteiger partial charge on any atom is 0.228 e. The molecule has 26 heavy (non-hydrogen) atoms. The number of carboxylic acid groups (broad SMARTS) is 1. The maximum atomic E-state index is 12.7. The monoisotopic (exact) mass is 356 g/mol. The van der Waals surface area contributed by atoms with Crippen LogP contribution >= 0.6 is 0 Å². The van der Waals surface area contributed by atoms with Crippen molar-refractivity contribution in [3.8, 4) is 11.5 Å². The lowest BCUT2D eigenvalue weighted by Crippen LogP contribution is -2.32. The van der Waals surface area contributed by atoms with E-state index in [0.717, 1.165) is 11.1 Å². The van der Waals surface area contributed by atoms with Gasteiger partial charge in [-0.25, -0.2) is 0 Å². The van der Waals surface area contributed by atoms with Crippen LogP contribution in [0.5, 0.6) is 11.5 Å². The van der Waals surface area contributed by atoms with Crippen molar-refractivity contribution < 1.29 is 24.2 Å². The lowest BCUT2D eigenvalue weighted by molar-refractivity contribution is -0.306. The quantitative estimate of drug-likeness (QED) is 0.781. The molecule has 0 saturated carbocycles. The van der Waals surface area contributed by atoms with Gasteiger partial charge in [-0.1, -0.05) is 29.8 Å². The highest BCUT2D eigenvalue weighted by Gasteiger charge is 2.21. The first-order valence-corrected chi connectivity index (χ1v) is 8.21. The van der Waals surface area contributed by atoms with Crippen molar-refractivity contribution in [1.29, 1.82) is 0 Å². The number of aryl methyl sites for hydroxylation is 1. The minimum absolute atomic E-state index is 0.298. The van der Waals surface area contributed by atoms with Crippen LogP contribution in [0.4, 0.5) is 5.69 Å². The number of hydrogen-bond acceptors (Lipinski definition) is 5. The molecule has 0 aliphatic rings. The van der Waals surface area contributed by atoms with Crippen molar-refractivity contribution in [2.24, 2.45) is 5.92 Å². The van der Waals surface area contributed by atoms with Crippen LogP contribution in [-0.4, -0.2) is 26.1 Å². The van der Waals surface area contributed by atoms with Crippen molar-refractivity contribution in [1.82, 2.24) is 0 Å². The number of nitrogens with one attached hydrogen (secondary N) is 1. The van der Waals surface area contributed by atoms with Gasteiger partial charge in [-0.15, -0.1) is 0 Å². The molecule has 0 fully saturated rings. The summed E-state index contributed by atoms with van der Waals surface area (Å²) in [5.74, 6) is -1.44. The highest BCUT2D eigenvalue weighted by Crippen LogP contribution is 2.29. The molecule has 0 aliphatic heterocycles. The van der Waals surface area contributed by atoms with Gasteiger partial charge in [0.1, 0.15) is 11.5 Å². The molecule has 138 valence electrons. The molecule has 0 radical (unpaired) electrons. The summed E-state index contributed by atoms with van der Waals surface area (Å²) in [7, 11) is 3.01. The molecule has 1 atom stereocenters. The first-order valence-electron chi connectivity index (χ1n) is 8.21.